The molecule has 4 nitrogen and oxygen atoms in total. The Hall–Kier alpha value is -2.75. The number of aromatic amines is 1. The van der Waals surface area contributed by atoms with E-state index in [9.17, 15) is 9.90 Å². The van der Waals surface area contributed by atoms with E-state index in [0.29, 0.717) is 5.75 Å². The Morgan fingerprint density at radius 3 is 2.54 bits per heavy atom. The van der Waals surface area contributed by atoms with Crippen LogP contribution in [0.1, 0.15) is 25.1 Å². The van der Waals surface area contributed by atoms with Gasteiger partial charge in [-0.15, -0.1) is 0 Å². The number of benzene rings is 2. The first-order valence-electron chi connectivity index (χ1n) is 7.90. The summed E-state index contributed by atoms with van der Waals surface area (Å²) >= 11 is 0. The first-order valence-corrected chi connectivity index (χ1v) is 7.90. The second kappa shape index (κ2) is 5.71. The molecule has 0 saturated carbocycles. The summed E-state index contributed by atoms with van der Waals surface area (Å²) in [6, 6.07) is 14.0. The van der Waals surface area contributed by atoms with Crippen molar-refractivity contribution < 1.29 is 14.6 Å². The number of carboxylic acids is 1. The van der Waals surface area contributed by atoms with E-state index >= 15 is 0 Å². The largest absolute Gasteiger partial charge is 0.478 e. The normalized spacial score (nSPS) is 11.7. The number of fused-ring (bicyclic) bond motifs is 1. The standard InChI is InChI=1S/C20H21NO3/c1-12-6-5-7-14(10-12)18-13(2)21-17-9-8-15(11-16(17)18)24-20(3,4)19(22)23/h5-11,21H,1-4H3,(H,22,23). The minimum atomic E-state index is -1.28. The van der Waals surface area contributed by atoms with Crippen LogP contribution in [0, 0.1) is 13.8 Å². The molecule has 0 atom stereocenters. The third kappa shape index (κ3) is 2.87. The molecule has 0 bridgehead atoms. The molecular weight excluding hydrogens is 302 g/mol. The number of rotatable bonds is 4. The van der Waals surface area contributed by atoms with Crippen LogP contribution in [0.25, 0.3) is 22.0 Å². The number of hydrogen-bond acceptors (Lipinski definition) is 2. The summed E-state index contributed by atoms with van der Waals surface area (Å²) in [5.41, 5.74) is 4.25. The summed E-state index contributed by atoms with van der Waals surface area (Å²) in [5, 5.41) is 10.3. The molecular formula is C20H21NO3. The smallest absolute Gasteiger partial charge is 0.347 e. The van der Waals surface area contributed by atoms with Gasteiger partial charge in [0.15, 0.2) is 5.60 Å². The fourth-order valence-electron chi connectivity index (χ4n) is 2.88. The molecule has 3 aromatic rings. The molecule has 4 heteroatoms. The molecule has 0 fully saturated rings. The lowest BCUT2D eigenvalue weighted by molar-refractivity contribution is -0.152. The first-order chi connectivity index (χ1) is 11.3. The van der Waals surface area contributed by atoms with Crippen LogP contribution >= 0.6 is 0 Å². The lowest BCUT2D eigenvalue weighted by Gasteiger charge is -2.21. The summed E-state index contributed by atoms with van der Waals surface area (Å²) in [4.78, 5) is 14.7. The third-order valence-electron chi connectivity index (χ3n) is 4.15. The summed E-state index contributed by atoms with van der Waals surface area (Å²) in [6.07, 6.45) is 0. The van der Waals surface area contributed by atoms with Gasteiger partial charge in [-0.1, -0.05) is 29.8 Å². The number of aromatic nitrogens is 1. The Balaban J connectivity index is 2.12. The van der Waals surface area contributed by atoms with Crippen LogP contribution in [-0.2, 0) is 4.79 Å². The van der Waals surface area contributed by atoms with Crippen LogP contribution in [0.2, 0.25) is 0 Å². The molecule has 1 heterocycles. The molecule has 2 N–H and O–H groups in total. The number of nitrogens with one attached hydrogen (secondary N) is 1. The van der Waals surface area contributed by atoms with Crippen molar-refractivity contribution in [3.05, 3.63) is 53.7 Å². The van der Waals surface area contributed by atoms with E-state index in [-0.39, 0.29) is 0 Å². The van der Waals surface area contributed by atoms with Crippen LogP contribution in [0.5, 0.6) is 5.75 Å². The Morgan fingerprint density at radius 2 is 1.88 bits per heavy atom. The molecule has 0 aliphatic rings. The Labute approximate surface area is 141 Å². The topological polar surface area (TPSA) is 62.3 Å². The SMILES string of the molecule is Cc1cccc(-c2c(C)[nH]c3ccc(OC(C)(C)C(=O)O)cc23)c1. The van der Waals surface area contributed by atoms with E-state index in [1.807, 2.05) is 25.1 Å². The van der Waals surface area contributed by atoms with Crippen LogP contribution in [0.15, 0.2) is 42.5 Å². The molecule has 0 aliphatic carbocycles. The second-order valence-corrected chi connectivity index (χ2v) is 6.62. The second-order valence-electron chi connectivity index (χ2n) is 6.62. The van der Waals surface area contributed by atoms with Gasteiger partial charge in [0.2, 0.25) is 0 Å². The predicted octanol–water partition coefficient (Wildman–Crippen LogP) is 4.69. The van der Waals surface area contributed by atoms with Gasteiger partial charge in [0.05, 0.1) is 0 Å². The highest BCUT2D eigenvalue weighted by Crippen LogP contribution is 2.35. The van der Waals surface area contributed by atoms with Crippen molar-refractivity contribution in [1.82, 2.24) is 4.98 Å². The summed E-state index contributed by atoms with van der Waals surface area (Å²) in [6.45, 7) is 7.20. The highest BCUT2D eigenvalue weighted by atomic mass is 16.5. The maximum atomic E-state index is 11.3. The zero-order valence-electron chi connectivity index (χ0n) is 14.3. The van der Waals surface area contributed by atoms with Crippen molar-refractivity contribution in [2.45, 2.75) is 33.3 Å². The van der Waals surface area contributed by atoms with Crippen LogP contribution in [0.3, 0.4) is 0 Å². The van der Waals surface area contributed by atoms with Crippen molar-refractivity contribution in [2.24, 2.45) is 0 Å². The van der Waals surface area contributed by atoms with Crippen molar-refractivity contribution >= 4 is 16.9 Å². The van der Waals surface area contributed by atoms with Crippen LogP contribution in [0.4, 0.5) is 0 Å². The minimum Gasteiger partial charge on any atom is -0.478 e. The highest BCUT2D eigenvalue weighted by molar-refractivity contribution is 5.98. The van der Waals surface area contributed by atoms with E-state index < -0.39 is 11.6 Å². The molecule has 0 radical (unpaired) electrons. The zero-order valence-corrected chi connectivity index (χ0v) is 14.3. The van der Waals surface area contributed by atoms with E-state index in [2.05, 4.69) is 30.1 Å². The average molecular weight is 323 g/mol. The van der Waals surface area contributed by atoms with Gasteiger partial charge >= 0.3 is 5.97 Å². The summed E-state index contributed by atoms with van der Waals surface area (Å²) < 4.78 is 5.68. The van der Waals surface area contributed by atoms with Gasteiger partial charge in [-0.3, -0.25) is 0 Å². The summed E-state index contributed by atoms with van der Waals surface area (Å²) in [5.74, 6) is -0.449. The zero-order chi connectivity index (χ0) is 17.5. The Kier molecular flexibility index (Phi) is 3.84. The number of carbonyl (C=O) groups is 1. The van der Waals surface area contributed by atoms with Gasteiger partial charge in [0.1, 0.15) is 5.75 Å². The molecule has 24 heavy (non-hydrogen) atoms. The van der Waals surface area contributed by atoms with E-state index in [1.165, 1.54) is 5.56 Å². The molecule has 0 saturated heterocycles. The van der Waals surface area contributed by atoms with Gasteiger partial charge in [-0.2, -0.15) is 0 Å². The predicted molar refractivity (Wildman–Crippen MR) is 95.6 cm³/mol. The lowest BCUT2D eigenvalue weighted by Crippen LogP contribution is -2.37. The minimum absolute atomic E-state index is 0.544. The molecule has 1 aromatic heterocycles. The van der Waals surface area contributed by atoms with Gasteiger partial charge in [-0.25, -0.2) is 4.79 Å². The van der Waals surface area contributed by atoms with Gasteiger partial charge in [-0.05, 0) is 51.5 Å². The lowest BCUT2D eigenvalue weighted by atomic mass is 10.0. The summed E-state index contributed by atoms with van der Waals surface area (Å²) in [7, 11) is 0. The quantitative estimate of drug-likeness (QED) is 0.732. The monoisotopic (exact) mass is 323 g/mol. The number of carboxylic acid groups (broad SMARTS) is 1. The van der Waals surface area contributed by atoms with Gasteiger partial charge in [0, 0.05) is 22.2 Å². The molecule has 0 spiro atoms. The van der Waals surface area contributed by atoms with E-state index in [1.54, 1.807) is 19.9 Å². The Morgan fingerprint density at radius 1 is 1.12 bits per heavy atom. The molecule has 2 aromatic carbocycles. The molecule has 0 amide bonds. The number of H-pyrrole nitrogens is 1. The van der Waals surface area contributed by atoms with E-state index in [4.69, 9.17) is 4.74 Å². The van der Waals surface area contributed by atoms with Crippen LogP contribution in [-0.4, -0.2) is 21.7 Å². The molecule has 124 valence electrons. The Bertz CT molecular complexity index is 922. The fourth-order valence-corrected chi connectivity index (χ4v) is 2.88. The first kappa shape index (κ1) is 16.1. The third-order valence-corrected chi connectivity index (χ3v) is 4.15. The van der Waals surface area contributed by atoms with Crippen molar-refractivity contribution in [2.75, 3.05) is 0 Å². The van der Waals surface area contributed by atoms with Gasteiger partial charge < -0.3 is 14.8 Å². The number of aryl methyl sites for hydroxylation is 2. The number of ether oxygens (including phenoxy) is 1. The van der Waals surface area contributed by atoms with Crippen LogP contribution < -0.4 is 4.74 Å². The number of aliphatic carboxylic acids is 1. The number of hydrogen-bond donors (Lipinski definition) is 2. The maximum Gasteiger partial charge on any atom is 0.347 e. The molecule has 0 aliphatic heterocycles. The van der Waals surface area contributed by atoms with Crippen molar-refractivity contribution in [3.63, 3.8) is 0 Å². The fraction of sp³-hybridized carbons (Fsp3) is 0.250. The maximum absolute atomic E-state index is 11.3. The van der Waals surface area contributed by atoms with Crippen molar-refractivity contribution in [1.29, 1.82) is 0 Å². The highest BCUT2D eigenvalue weighted by Gasteiger charge is 2.29. The molecule has 0 unspecified atom stereocenters. The van der Waals surface area contributed by atoms with Gasteiger partial charge in [0.25, 0.3) is 0 Å². The van der Waals surface area contributed by atoms with E-state index in [0.717, 1.165) is 27.7 Å². The van der Waals surface area contributed by atoms with Crippen molar-refractivity contribution in [3.8, 4) is 16.9 Å². The molecule has 3 rings (SSSR count). The average Bonchev–Trinajstić information content (AvgIpc) is 2.82.